The van der Waals surface area contributed by atoms with E-state index in [0.29, 0.717) is 6.42 Å². The number of carbonyl (C=O) groups excluding carboxylic acids is 3. The molecule has 166 valence electrons. The minimum Gasteiger partial charge on any atom is -0.480 e. The largest absolute Gasteiger partial charge is 0.480 e. The summed E-state index contributed by atoms with van der Waals surface area (Å²) in [7, 11) is 0. The molecule has 1 aromatic carbocycles. The topological polar surface area (TPSA) is 171 Å². The van der Waals surface area contributed by atoms with Crippen LogP contribution in [0.3, 0.4) is 0 Å². The van der Waals surface area contributed by atoms with Crippen LogP contribution in [0.25, 0.3) is 0 Å². The molecular formula is C20H30N4O6. The van der Waals surface area contributed by atoms with Gasteiger partial charge in [-0.3, -0.25) is 19.2 Å². The van der Waals surface area contributed by atoms with Crippen molar-refractivity contribution in [2.24, 2.45) is 11.7 Å². The Kier molecular flexibility index (Phi) is 10.5. The molecule has 0 aliphatic rings. The van der Waals surface area contributed by atoms with Gasteiger partial charge < -0.3 is 31.9 Å². The predicted octanol–water partition coefficient (Wildman–Crippen LogP) is -1.23. The fourth-order valence-electron chi connectivity index (χ4n) is 2.69. The standard InChI is InChI=1S/C20H30N4O6/c1-12(2)8-15(20(30)24-16(11-25)19(29)22-10-17(26)27)23-18(28)14(21)9-13-6-4-3-5-7-13/h3-7,12,14-16,25H,8-11,21H2,1-2H3,(H,22,29)(H,23,28)(H,24,30)(H,26,27). The summed E-state index contributed by atoms with van der Waals surface area (Å²) in [5.74, 6) is -3.25. The second kappa shape index (κ2) is 12.6. The van der Waals surface area contributed by atoms with Crippen LogP contribution in [0.4, 0.5) is 0 Å². The summed E-state index contributed by atoms with van der Waals surface area (Å²) in [5.41, 5.74) is 6.84. The van der Waals surface area contributed by atoms with Crippen molar-refractivity contribution in [3.63, 3.8) is 0 Å². The Morgan fingerprint density at radius 1 is 0.967 bits per heavy atom. The number of hydrogen-bond donors (Lipinski definition) is 6. The van der Waals surface area contributed by atoms with Gasteiger partial charge in [-0.25, -0.2) is 0 Å². The second-order valence-corrected chi connectivity index (χ2v) is 7.34. The molecule has 3 unspecified atom stereocenters. The molecule has 3 atom stereocenters. The van der Waals surface area contributed by atoms with Crippen LogP contribution in [-0.4, -0.2) is 65.2 Å². The molecule has 7 N–H and O–H groups in total. The maximum atomic E-state index is 12.6. The lowest BCUT2D eigenvalue weighted by Crippen LogP contribution is -2.57. The van der Waals surface area contributed by atoms with Crippen LogP contribution in [0.2, 0.25) is 0 Å². The molecule has 0 aromatic heterocycles. The van der Waals surface area contributed by atoms with Crippen LogP contribution in [-0.2, 0) is 25.6 Å². The number of rotatable bonds is 12. The third-order valence-corrected chi connectivity index (χ3v) is 4.20. The van der Waals surface area contributed by atoms with Crippen molar-refractivity contribution < 1.29 is 29.4 Å². The number of benzene rings is 1. The van der Waals surface area contributed by atoms with Gasteiger partial charge >= 0.3 is 5.97 Å². The van der Waals surface area contributed by atoms with Gasteiger partial charge in [0.15, 0.2) is 0 Å². The number of nitrogens with two attached hydrogens (primary N) is 1. The lowest BCUT2D eigenvalue weighted by Gasteiger charge is -2.24. The maximum absolute atomic E-state index is 12.6. The van der Waals surface area contributed by atoms with Crippen molar-refractivity contribution >= 4 is 23.7 Å². The lowest BCUT2D eigenvalue weighted by atomic mass is 10.0. The highest BCUT2D eigenvalue weighted by atomic mass is 16.4. The SMILES string of the molecule is CC(C)CC(NC(=O)C(N)Cc1ccccc1)C(=O)NC(CO)C(=O)NCC(=O)O. The zero-order valence-corrected chi connectivity index (χ0v) is 17.1. The fourth-order valence-corrected chi connectivity index (χ4v) is 2.69. The first-order valence-corrected chi connectivity index (χ1v) is 9.64. The average Bonchev–Trinajstić information content (AvgIpc) is 2.69. The van der Waals surface area contributed by atoms with Crippen LogP contribution in [0.15, 0.2) is 30.3 Å². The minimum absolute atomic E-state index is 0.0415. The Labute approximate surface area is 175 Å². The number of aliphatic carboxylic acids is 1. The molecule has 0 aliphatic carbocycles. The minimum atomic E-state index is -1.35. The van der Waals surface area contributed by atoms with Crippen LogP contribution < -0.4 is 21.7 Å². The predicted molar refractivity (Wildman–Crippen MR) is 109 cm³/mol. The van der Waals surface area contributed by atoms with Crippen LogP contribution in [0.5, 0.6) is 0 Å². The summed E-state index contributed by atoms with van der Waals surface area (Å²) in [6, 6.07) is 6.01. The number of carbonyl (C=O) groups is 4. The van der Waals surface area contributed by atoms with Crippen molar-refractivity contribution in [1.82, 2.24) is 16.0 Å². The van der Waals surface area contributed by atoms with Gasteiger partial charge in [-0.05, 0) is 24.3 Å². The van der Waals surface area contributed by atoms with E-state index in [1.807, 2.05) is 44.2 Å². The molecule has 0 saturated heterocycles. The van der Waals surface area contributed by atoms with E-state index in [0.717, 1.165) is 5.56 Å². The zero-order chi connectivity index (χ0) is 22.7. The number of carboxylic acid groups (broad SMARTS) is 1. The summed E-state index contributed by atoms with van der Waals surface area (Å²) >= 11 is 0. The van der Waals surface area contributed by atoms with Crippen LogP contribution >= 0.6 is 0 Å². The van der Waals surface area contributed by atoms with E-state index in [9.17, 15) is 24.3 Å². The quantitative estimate of drug-likeness (QED) is 0.245. The van der Waals surface area contributed by atoms with Gasteiger partial charge in [-0.1, -0.05) is 44.2 Å². The van der Waals surface area contributed by atoms with E-state index >= 15 is 0 Å². The Balaban J connectivity index is 2.76. The molecular weight excluding hydrogens is 392 g/mol. The van der Waals surface area contributed by atoms with Crippen molar-refractivity contribution in [1.29, 1.82) is 0 Å². The number of aliphatic hydroxyl groups excluding tert-OH is 1. The van der Waals surface area contributed by atoms with Gasteiger partial charge in [0.05, 0.1) is 12.6 Å². The lowest BCUT2D eigenvalue weighted by molar-refractivity contribution is -0.139. The number of amides is 3. The molecule has 0 heterocycles. The number of aliphatic hydroxyl groups is 1. The molecule has 3 amide bonds. The molecule has 0 radical (unpaired) electrons. The summed E-state index contributed by atoms with van der Waals surface area (Å²) in [6.45, 7) is 2.34. The van der Waals surface area contributed by atoms with E-state index in [4.69, 9.17) is 10.8 Å². The summed E-state index contributed by atoms with van der Waals surface area (Å²) in [6.07, 6.45) is 0.573. The van der Waals surface area contributed by atoms with Gasteiger partial charge in [-0.15, -0.1) is 0 Å². The highest BCUT2D eigenvalue weighted by Crippen LogP contribution is 2.07. The highest BCUT2D eigenvalue weighted by Gasteiger charge is 2.28. The highest BCUT2D eigenvalue weighted by molar-refractivity contribution is 5.93. The van der Waals surface area contributed by atoms with E-state index in [2.05, 4.69) is 16.0 Å². The number of hydrogen-bond acceptors (Lipinski definition) is 6. The molecule has 10 nitrogen and oxygen atoms in total. The first-order chi connectivity index (χ1) is 14.1. The Morgan fingerprint density at radius 2 is 1.57 bits per heavy atom. The third kappa shape index (κ3) is 9.01. The van der Waals surface area contributed by atoms with E-state index < -0.39 is 55.0 Å². The van der Waals surface area contributed by atoms with Crippen molar-refractivity contribution in [3.05, 3.63) is 35.9 Å². The van der Waals surface area contributed by atoms with Crippen molar-refractivity contribution in [2.75, 3.05) is 13.2 Å². The number of carboxylic acids is 1. The Bertz CT molecular complexity index is 725. The molecule has 1 rings (SSSR count). The van der Waals surface area contributed by atoms with Crippen molar-refractivity contribution in [3.8, 4) is 0 Å². The second-order valence-electron chi connectivity index (χ2n) is 7.34. The molecule has 1 aromatic rings. The van der Waals surface area contributed by atoms with E-state index in [1.54, 1.807) is 0 Å². The Morgan fingerprint density at radius 3 is 2.10 bits per heavy atom. The van der Waals surface area contributed by atoms with Gasteiger partial charge in [0.1, 0.15) is 18.6 Å². The monoisotopic (exact) mass is 422 g/mol. The average molecular weight is 422 g/mol. The molecule has 10 heteroatoms. The summed E-state index contributed by atoms with van der Waals surface area (Å²) < 4.78 is 0. The van der Waals surface area contributed by atoms with Gasteiger partial charge in [-0.2, -0.15) is 0 Å². The van der Waals surface area contributed by atoms with E-state index in [1.165, 1.54) is 0 Å². The first kappa shape index (κ1) is 25.1. The summed E-state index contributed by atoms with van der Waals surface area (Å²) in [4.78, 5) is 47.6. The van der Waals surface area contributed by atoms with E-state index in [-0.39, 0.29) is 12.3 Å². The first-order valence-electron chi connectivity index (χ1n) is 9.64. The maximum Gasteiger partial charge on any atom is 0.322 e. The van der Waals surface area contributed by atoms with Crippen LogP contribution in [0, 0.1) is 5.92 Å². The molecule has 30 heavy (non-hydrogen) atoms. The molecule has 0 bridgehead atoms. The smallest absolute Gasteiger partial charge is 0.322 e. The molecule has 0 fully saturated rings. The van der Waals surface area contributed by atoms with Crippen molar-refractivity contribution in [2.45, 2.75) is 44.8 Å². The van der Waals surface area contributed by atoms with Gasteiger partial charge in [0.2, 0.25) is 17.7 Å². The number of nitrogens with one attached hydrogen (secondary N) is 3. The van der Waals surface area contributed by atoms with Gasteiger partial charge in [0.25, 0.3) is 0 Å². The zero-order valence-electron chi connectivity index (χ0n) is 17.1. The third-order valence-electron chi connectivity index (χ3n) is 4.20. The Hall–Kier alpha value is -2.98. The fraction of sp³-hybridized carbons (Fsp3) is 0.500. The molecule has 0 aliphatic heterocycles. The normalized spacial score (nSPS) is 13.8. The molecule has 0 saturated carbocycles. The molecule has 0 spiro atoms. The van der Waals surface area contributed by atoms with Gasteiger partial charge in [0, 0.05) is 0 Å². The summed E-state index contributed by atoms with van der Waals surface area (Å²) in [5, 5.41) is 25.0. The van der Waals surface area contributed by atoms with Crippen LogP contribution in [0.1, 0.15) is 25.8 Å².